The molecule has 31 heavy (non-hydrogen) atoms. The molecule has 0 aromatic heterocycles. The maximum Gasteiger partial charge on any atom is 0.465 e. The van der Waals surface area contributed by atoms with Crippen LogP contribution in [0.1, 0.15) is 51.9 Å². The van der Waals surface area contributed by atoms with Gasteiger partial charge in [-0.2, -0.15) is 17.2 Å². The summed E-state index contributed by atoms with van der Waals surface area (Å²) in [4.78, 5) is 37.3. The van der Waals surface area contributed by atoms with Crippen molar-refractivity contribution in [3.05, 3.63) is 0 Å². The average molecular weight is 466 g/mol. The van der Waals surface area contributed by atoms with Crippen molar-refractivity contribution in [3.8, 4) is 0 Å². The first kappa shape index (κ1) is 22.4. The summed E-state index contributed by atoms with van der Waals surface area (Å²) in [6.45, 7) is 1.90. The lowest BCUT2D eigenvalue weighted by Gasteiger charge is -2.38. The highest BCUT2D eigenvalue weighted by Crippen LogP contribution is 2.59. The quantitative estimate of drug-likeness (QED) is 0.354. The SMILES string of the molecule is CCC1(OC(=O)C2C3CC4C(OC(=O)C42)C3OC(=O)C(F)(F)S(=O)(=O)O)CCCCC1. The first-order chi connectivity index (χ1) is 14.4. The van der Waals surface area contributed by atoms with Gasteiger partial charge < -0.3 is 14.2 Å². The van der Waals surface area contributed by atoms with Gasteiger partial charge in [-0.05, 0) is 38.5 Å². The first-order valence-corrected chi connectivity index (χ1v) is 11.8. The second kappa shape index (κ2) is 7.36. The maximum absolute atomic E-state index is 13.7. The standard InChI is InChI=1S/C19H24F2O9S/c1-2-18(6-4-3-5-7-18)30-16(23)12-10-8-9-11(12)15(22)28-13(9)14(10)29-17(24)19(20,21)31(25,26)27/h9-14H,2-8H2,1H3,(H,25,26,27). The molecule has 3 aliphatic carbocycles. The van der Waals surface area contributed by atoms with E-state index in [9.17, 15) is 31.6 Å². The van der Waals surface area contributed by atoms with Gasteiger partial charge in [-0.15, -0.1) is 0 Å². The summed E-state index contributed by atoms with van der Waals surface area (Å²) in [7, 11) is -6.05. The summed E-state index contributed by atoms with van der Waals surface area (Å²) >= 11 is 0. The van der Waals surface area contributed by atoms with Crippen molar-refractivity contribution in [2.45, 2.75) is 74.9 Å². The van der Waals surface area contributed by atoms with Crippen LogP contribution >= 0.6 is 0 Å². The molecule has 0 aromatic rings. The molecular formula is C19H24F2O9S. The lowest BCUT2D eigenvalue weighted by atomic mass is 9.77. The third-order valence-electron chi connectivity index (χ3n) is 7.35. The average Bonchev–Trinajstić information content (AvgIpc) is 3.31. The van der Waals surface area contributed by atoms with Crippen LogP contribution in [0.5, 0.6) is 0 Å². The summed E-state index contributed by atoms with van der Waals surface area (Å²) in [6, 6.07) is 0. The van der Waals surface area contributed by atoms with Gasteiger partial charge in [0.2, 0.25) is 0 Å². The fourth-order valence-electron chi connectivity index (χ4n) is 5.77. The van der Waals surface area contributed by atoms with Crippen molar-refractivity contribution in [1.29, 1.82) is 0 Å². The van der Waals surface area contributed by atoms with Gasteiger partial charge >= 0.3 is 33.3 Å². The Balaban J connectivity index is 1.56. The van der Waals surface area contributed by atoms with E-state index >= 15 is 0 Å². The molecule has 1 N–H and O–H groups in total. The van der Waals surface area contributed by atoms with Crippen LogP contribution in [-0.2, 0) is 38.7 Å². The van der Waals surface area contributed by atoms with Gasteiger partial charge in [0.15, 0.2) is 0 Å². The van der Waals surface area contributed by atoms with Gasteiger partial charge in [0.05, 0.1) is 11.8 Å². The fraction of sp³-hybridized carbons (Fsp3) is 0.842. The molecule has 3 saturated carbocycles. The van der Waals surface area contributed by atoms with Gasteiger partial charge in [-0.1, -0.05) is 13.3 Å². The van der Waals surface area contributed by atoms with Crippen molar-refractivity contribution < 1.29 is 50.3 Å². The number of esters is 3. The molecule has 0 radical (unpaired) electrons. The molecule has 1 heterocycles. The molecule has 6 atom stereocenters. The predicted octanol–water partition coefficient (Wildman–Crippen LogP) is 1.84. The molecule has 174 valence electrons. The number of hydrogen-bond donors (Lipinski definition) is 1. The van der Waals surface area contributed by atoms with Gasteiger partial charge in [-0.3, -0.25) is 14.1 Å². The van der Waals surface area contributed by atoms with E-state index in [2.05, 4.69) is 0 Å². The Morgan fingerprint density at radius 1 is 1.23 bits per heavy atom. The Morgan fingerprint density at radius 3 is 2.45 bits per heavy atom. The van der Waals surface area contributed by atoms with Crippen LogP contribution in [0.4, 0.5) is 8.78 Å². The van der Waals surface area contributed by atoms with E-state index in [4.69, 9.17) is 18.8 Å². The highest BCUT2D eigenvalue weighted by atomic mass is 32.2. The van der Waals surface area contributed by atoms with E-state index < -0.39 is 74.8 Å². The molecule has 4 aliphatic rings. The van der Waals surface area contributed by atoms with Crippen molar-refractivity contribution in [3.63, 3.8) is 0 Å². The first-order valence-electron chi connectivity index (χ1n) is 10.4. The minimum Gasteiger partial charge on any atom is -0.459 e. The summed E-state index contributed by atoms with van der Waals surface area (Å²) in [6.07, 6.45) is 2.55. The van der Waals surface area contributed by atoms with Crippen molar-refractivity contribution >= 4 is 28.0 Å². The minimum absolute atomic E-state index is 0.218. The number of carbonyl (C=O) groups is 3. The predicted molar refractivity (Wildman–Crippen MR) is 97.0 cm³/mol. The number of fused-ring (bicyclic) bond motifs is 1. The summed E-state index contributed by atoms with van der Waals surface area (Å²) < 4.78 is 73.5. The molecule has 1 aliphatic heterocycles. The van der Waals surface area contributed by atoms with E-state index in [-0.39, 0.29) is 6.42 Å². The molecule has 12 heteroatoms. The van der Waals surface area contributed by atoms with E-state index in [0.29, 0.717) is 19.3 Å². The van der Waals surface area contributed by atoms with Crippen LogP contribution in [0.2, 0.25) is 0 Å². The molecule has 4 fully saturated rings. The number of alkyl halides is 2. The molecule has 2 bridgehead atoms. The van der Waals surface area contributed by atoms with Crippen LogP contribution in [0.3, 0.4) is 0 Å². The summed E-state index contributed by atoms with van der Waals surface area (Å²) in [5, 5.41) is -5.18. The Morgan fingerprint density at radius 2 is 1.87 bits per heavy atom. The smallest absolute Gasteiger partial charge is 0.459 e. The molecule has 0 spiro atoms. The highest BCUT2D eigenvalue weighted by Gasteiger charge is 2.71. The Hall–Kier alpha value is -1.82. The van der Waals surface area contributed by atoms with Crippen molar-refractivity contribution in [2.24, 2.45) is 23.7 Å². The minimum atomic E-state index is -6.05. The summed E-state index contributed by atoms with van der Waals surface area (Å²) in [5.74, 6) is -6.99. The fourth-order valence-corrected chi connectivity index (χ4v) is 6.03. The number of hydrogen-bond acceptors (Lipinski definition) is 8. The van der Waals surface area contributed by atoms with Crippen LogP contribution < -0.4 is 0 Å². The van der Waals surface area contributed by atoms with Crippen LogP contribution in [-0.4, -0.2) is 53.9 Å². The highest BCUT2D eigenvalue weighted by molar-refractivity contribution is 7.87. The topological polar surface area (TPSA) is 133 Å². The van der Waals surface area contributed by atoms with Crippen molar-refractivity contribution in [2.75, 3.05) is 0 Å². The Bertz CT molecular complexity index is 896. The molecule has 0 amide bonds. The molecular weight excluding hydrogens is 442 g/mol. The number of halogens is 2. The Labute approximate surface area is 177 Å². The monoisotopic (exact) mass is 466 g/mol. The second-order valence-electron chi connectivity index (χ2n) is 8.90. The third-order valence-corrected chi connectivity index (χ3v) is 8.16. The molecule has 9 nitrogen and oxygen atoms in total. The maximum atomic E-state index is 13.7. The van der Waals surface area contributed by atoms with Gasteiger partial charge in [0, 0.05) is 11.8 Å². The van der Waals surface area contributed by atoms with Crippen LogP contribution in [0, 0.1) is 23.7 Å². The van der Waals surface area contributed by atoms with E-state index in [0.717, 1.165) is 19.3 Å². The zero-order valence-corrected chi connectivity index (χ0v) is 17.6. The van der Waals surface area contributed by atoms with E-state index in [1.807, 2.05) is 6.92 Å². The van der Waals surface area contributed by atoms with Gasteiger partial charge in [-0.25, -0.2) is 4.79 Å². The lowest BCUT2D eigenvalue weighted by molar-refractivity contribution is -0.184. The zero-order chi connectivity index (χ0) is 22.8. The zero-order valence-electron chi connectivity index (χ0n) is 16.8. The molecule has 1 saturated heterocycles. The second-order valence-corrected chi connectivity index (χ2v) is 10.4. The third kappa shape index (κ3) is 3.42. The van der Waals surface area contributed by atoms with Crippen LogP contribution in [0.25, 0.3) is 0 Å². The number of carbonyl (C=O) groups excluding carboxylic acids is 3. The lowest BCUT2D eigenvalue weighted by Crippen LogP contribution is -2.49. The van der Waals surface area contributed by atoms with E-state index in [1.54, 1.807) is 0 Å². The largest absolute Gasteiger partial charge is 0.465 e. The normalized spacial score (nSPS) is 36.2. The summed E-state index contributed by atoms with van der Waals surface area (Å²) in [5.41, 5.74) is -0.650. The molecule has 4 rings (SSSR count). The molecule has 6 unspecified atom stereocenters. The van der Waals surface area contributed by atoms with Gasteiger partial charge in [0.25, 0.3) is 0 Å². The van der Waals surface area contributed by atoms with E-state index in [1.165, 1.54) is 0 Å². The van der Waals surface area contributed by atoms with Gasteiger partial charge in [0.1, 0.15) is 17.8 Å². The van der Waals surface area contributed by atoms with Crippen LogP contribution in [0.15, 0.2) is 0 Å². The number of rotatable bonds is 6. The van der Waals surface area contributed by atoms with Crippen molar-refractivity contribution in [1.82, 2.24) is 0 Å². The Kier molecular flexibility index (Phi) is 5.31. The molecule has 0 aromatic carbocycles. The number of ether oxygens (including phenoxy) is 3.